The Balaban J connectivity index is 1.63. The summed E-state index contributed by atoms with van der Waals surface area (Å²) in [4.78, 5) is 4.03. The van der Waals surface area contributed by atoms with E-state index in [2.05, 4.69) is 34.1 Å². The molecule has 4 nitrogen and oxygen atoms in total. The lowest BCUT2D eigenvalue weighted by Gasteiger charge is -2.24. The van der Waals surface area contributed by atoms with Crippen LogP contribution in [0.25, 0.3) is 0 Å². The van der Waals surface area contributed by atoms with Gasteiger partial charge in [0, 0.05) is 36.1 Å². The van der Waals surface area contributed by atoms with Crippen molar-refractivity contribution in [3.8, 4) is 0 Å². The molecule has 2 aromatic heterocycles. The fraction of sp³-hybridized carbons (Fsp3) is 0.562. The average Bonchev–Trinajstić information content (AvgIpc) is 3.21. The lowest BCUT2D eigenvalue weighted by atomic mass is 10.0. The normalized spacial score (nSPS) is 22.6. The average molecular weight is 303 g/mol. The van der Waals surface area contributed by atoms with Crippen LogP contribution in [0.4, 0.5) is 0 Å². The first-order chi connectivity index (χ1) is 10.3. The third-order valence-electron chi connectivity index (χ3n) is 4.65. The third kappa shape index (κ3) is 2.43. The van der Waals surface area contributed by atoms with Gasteiger partial charge >= 0.3 is 0 Å². The maximum Gasteiger partial charge on any atom is 0.0854 e. The third-order valence-corrected chi connectivity index (χ3v) is 5.51. The van der Waals surface area contributed by atoms with Gasteiger partial charge in [0.15, 0.2) is 0 Å². The van der Waals surface area contributed by atoms with Crippen molar-refractivity contribution in [2.75, 3.05) is 13.2 Å². The van der Waals surface area contributed by atoms with Crippen LogP contribution in [0, 0.1) is 0 Å². The Morgan fingerprint density at radius 1 is 1.48 bits per heavy atom. The molecule has 2 aliphatic rings. The fourth-order valence-corrected chi connectivity index (χ4v) is 4.36. The summed E-state index contributed by atoms with van der Waals surface area (Å²) in [6.45, 7) is 3.79. The van der Waals surface area contributed by atoms with Gasteiger partial charge in [-0.25, -0.2) is 0 Å². The molecule has 5 heteroatoms. The Labute approximate surface area is 129 Å². The molecule has 1 unspecified atom stereocenters. The smallest absolute Gasteiger partial charge is 0.0854 e. The van der Waals surface area contributed by atoms with E-state index >= 15 is 0 Å². The topological polar surface area (TPSA) is 30.3 Å². The molecule has 4 heterocycles. The predicted molar refractivity (Wildman–Crippen MR) is 83.3 cm³/mol. The van der Waals surface area contributed by atoms with E-state index in [1.807, 2.05) is 11.3 Å². The molecule has 0 radical (unpaired) electrons. The van der Waals surface area contributed by atoms with Crippen molar-refractivity contribution in [3.05, 3.63) is 39.3 Å². The summed E-state index contributed by atoms with van der Waals surface area (Å²) in [7, 11) is 2.08. The zero-order valence-corrected chi connectivity index (χ0v) is 13.2. The summed E-state index contributed by atoms with van der Waals surface area (Å²) in [5, 5.41) is 7.02. The molecule has 0 spiro atoms. The van der Waals surface area contributed by atoms with E-state index in [4.69, 9.17) is 9.84 Å². The van der Waals surface area contributed by atoms with Crippen molar-refractivity contribution in [2.24, 2.45) is 7.05 Å². The van der Waals surface area contributed by atoms with Gasteiger partial charge < -0.3 is 4.74 Å². The fourth-order valence-electron chi connectivity index (χ4n) is 3.63. The minimum Gasteiger partial charge on any atom is -0.376 e. The summed E-state index contributed by atoms with van der Waals surface area (Å²) in [6, 6.07) is 4.84. The highest BCUT2D eigenvalue weighted by Crippen LogP contribution is 2.36. The SMILES string of the molecule is Cn1nc(C2CCCN2Cc2cccs2)c2c1CCOC2. The quantitative estimate of drug-likeness (QED) is 0.873. The second kappa shape index (κ2) is 5.55. The van der Waals surface area contributed by atoms with Crippen LogP contribution in [-0.4, -0.2) is 27.8 Å². The van der Waals surface area contributed by atoms with Gasteiger partial charge in [0.2, 0.25) is 0 Å². The van der Waals surface area contributed by atoms with Crippen LogP contribution >= 0.6 is 11.3 Å². The first-order valence-corrected chi connectivity index (χ1v) is 8.59. The maximum absolute atomic E-state index is 5.68. The molecule has 0 saturated carbocycles. The number of ether oxygens (including phenoxy) is 1. The van der Waals surface area contributed by atoms with E-state index in [-0.39, 0.29) is 0 Å². The Morgan fingerprint density at radius 2 is 2.43 bits per heavy atom. The van der Waals surface area contributed by atoms with Crippen molar-refractivity contribution >= 4 is 11.3 Å². The van der Waals surface area contributed by atoms with Crippen molar-refractivity contribution in [3.63, 3.8) is 0 Å². The summed E-state index contributed by atoms with van der Waals surface area (Å²) in [6.07, 6.45) is 3.48. The standard InChI is InChI=1S/C16H21N3OS/c1-18-14-6-8-20-11-13(14)16(17-18)15-5-2-7-19(15)10-12-4-3-9-21-12/h3-4,9,15H,2,5-8,10-11H2,1H3. The molecule has 0 bridgehead atoms. The monoisotopic (exact) mass is 303 g/mol. The number of thiophene rings is 1. The van der Waals surface area contributed by atoms with Gasteiger partial charge in [-0.05, 0) is 30.8 Å². The molecule has 0 amide bonds. The Hall–Kier alpha value is -1.17. The summed E-state index contributed by atoms with van der Waals surface area (Å²) in [5.74, 6) is 0. The number of likely N-dealkylation sites (tertiary alicyclic amines) is 1. The molecule has 21 heavy (non-hydrogen) atoms. The van der Waals surface area contributed by atoms with Crippen molar-refractivity contribution in [2.45, 2.75) is 38.5 Å². The minimum absolute atomic E-state index is 0.462. The Bertz CT molecular complexity index is 620. The van der Waals surface area contributed by atoms with Gasteiger partial charge in [-0.1, -0.05) is 6.07 Å². The van der Waals surface area contributed by atoms with Gasteiger partial charge in [-0.2, -0.15) is 5.10 Å². The van der Waals surface area contributed by atoms with E-state index < -0.39 is 0 Å². The molecule has 2 aliphatic heterocycles. The molecule has 4 rings (SSSR count). The number of fused-ring (bicyclic) bond motifs is 1. The van der Waals surface area contributed by atoms with Gasteiger partial charge in [0.25, 0.3) is 0 Å². The number of aryl methyl sites for hydroxylation is 1. The molecule has 0 aromatic carbocycles. The lowest BCUT2D eigenvalue weighted by Crippen LogP contribution is -2.24. The van der Waals surface area contributed by atoms with E-state index in [1.165, 1.54) is 41.2 Å². The predicted octanol–water partition coefficient (Wildman–Crippen LogP) is 2.89. The number of nitrogens with zero attached hydrogens (tertiary/aromatic N) is 3. The zero-order chi connectivity index (χ0) is 14.2. The lowest BCUT2D eigenvalue weighted by molar-refractivity contribution is 0.107. The summed E-state index contributed by atoms with van der Waals surface area (Å²) in [5.41, 5.74) is 3.99. The second-order valence-electron chi connectivity index (χ2n) is 5.94. The maximum atomic E-state index is 5.68. The van der Waals surface area contributed by atoms with Gasteiger partial charge in [-0.15, -0.1) is 11.3 Å². The van der Waals surface area contributed by atoms with E-state index in [0.717, 1.165) is 26.2 Å². The van der Waals surface area contributed by atoms with Crippen LogP contribution in [0.3, 0.4) is 0 Å². The van der Waals surface area contributed by atoms with Crippen molar-refractivity contribution in [1.29, 1.82) is 0 Å². The van der Waals surface area contributed by atoms with Crippen LogP contribution in [0.5, 0.6) is 0 Å². The molecular weight excluding hydrogens is 282 g/mol. The van der Waals surface area contributed by atoms with Crippen molar-refractivity contribution in [1.82, 2.24) is 14.7 Å². The van der Waals surface area contributed by atoms with Crippen LogP contribution in [-0.2, 0) is 31.4 Å². The molecule has 1 saturated heterocycles. The minimum atomic E-state index is 0.462. The van der Waals surface area contributed by atoms with Crippen LogP contribution < -0.4 is 0 Å². The largest absolute Gasteiger partial charge is 0.376 e. The van der Waals surface area contributed by atoms with Gasteiger partial charge in [0.05, 0.1) is 24.9 Å². The van der Waals surface area contributed by atoms with E-state index in [1.54, 1.807) is 0 Å². The van der Waals surface area contributed by atoms with Crippen LogP contribution in [0.15, 0.2) is 17.5 Å². The number of hydrogen-bond donors (Lipinski definition) is 0. The molecule has 1 atom stereocenters. The van der Waals surface area contributed by atoms with Crippen LogP contribution in [0.2, 0.25) is 0 Å². The number of hydrogen-bond acceptors (Lipinski definition) is 4. The summed E-state index contributed by atoms with van der Waals surface area (Å²) < 4.78 is 7.76. The number of aromatic nitrogens is 2. The highest BCUT2D eigenvalue weighted by Gasteiger charge is 2.32. The first kappa shape index (κ1) is 13.5. The summed E-state index contributed by atoms with van der Waals surface area (Å²) >= 11 is 1.85. The highest BCUT2D eigenvalue weighted by atomic mass is 32.1. The molecule has 0 aliphatic carbocycles. The molecule has 2 aromatic rings. The van der Waals surface area contributed by atoms with Crippen LogP contribution in [0.1, 0.15) is 40.7 Å². The molecule has 1 fully saturated rings. The second-order valence-corrected chi connectivity index (χ2v) is 6.98. The van der Waals surface area contributed by atoms with Gasteiger partial charge in [0.1, 0.15) is 0 Å². The highest BCUT2D eigenvalue weighted by molar-refractivity contribution is 7.09. The van der Waals surface area contributed by atoms with Crippen molar-refractivity contribution < 1.29 is 4.74 Å². The van der Waals surface area contributed by atoms with E-state index in [0.29, 0.717) is 6.04 Å². The van der Waals surface area contributed by atoms with Gasteiger partial charge in [-0.3, -0.25) is 9.58 Å². The molecule has 112 valence electrons. The Kier molecular flexibility index (Phi) is 3.57. The van der Waals surface area contributed by atoms with E-state index in [9.17, 15) is 0 Å². The molecule has 0 N–H and O–H groups in total. The Morgan fingerprint density at radius 3 is 3.29 bits per heavy atom. The number of rotatable bonds is 3. The zero-order valence-electron chi connectivity index (χ0n) is 12.4. The molecular formula is C16H21N3OS. The first-order valence-electron chi connectivity index (χ1n) is 7.72.